The highest BCUT2D eigenvalue weighted by atomic mass is 32.1. The van der Waals surface area contributed by atoms with E-state index in [1.54, 1.807) is 11.3 Å². The van der Waals surface area contributed by atoms with Gasteiger partial charge in [-0.2, -0.15) is 0 Å². The maximum absolute atomic E-state index is 10.3. The molecule has 3 heteroatoms. The van der Waals surface area contributed by atoms with Gasteiger partial charge in [0, 0.05) is 17.2 Å². The quantitative estimate of drug-likeness (QED) is 0.883. The number of hydrogen-bond acceptors (Lipinski definition) is 3. The predicted molar refractivity (Wildman–Crippen MR) is 86.3 cm³/mol. The molecule has 0 amide bonds. The summed E-state index contributed by atoms with van der Waals surface area (Å²) < 4.78 is 0. The summed E-state index contributed by atoms with van der Waals surface area (Å²) in [6.07, 6.45) is 6.78. The molecular formula is C17H29NOS. The molecule has 3 unspecified atom stereocenters. The van der Waals surface area contributed by atoms with Gasteiger partial charge in [0.25, 0.3) is 0 Å². The van der Waals surface area contributed by atoms with Crippen LogP contribution in [-0.4, -0.2) is 16.2 Å². The van der Waals surface area contributed by atoms with Crippen LogP contribution in [0.15, 0.2) is 5.38 Å². The van der Waals surface area contributed by atoms with Gasteiger partial charge in [-0.25, -0.2) is 4.98 Å². The average Bonchev–Trinajstić information content (AvgIpc) is 2.82. The highest BCUT2D eigenvalue weighted by Crippen LogP contribution is 2.35. The van der Waals surface area contributed by atoms with Crippen molar-refractivity contribution < 1.29 is 5.11 Å². The van der Waals surface area contributed by atoms with Crippen molar-refractivity contribution in [2.45, 2.75) is 77.7 Å². The largest absolute Gasteiger partial charge is 0.393 e. The Labute approximate surface area is 127 Å². The molecule has 2 rings (SSSR count). The summed E-state index contributed by atoms with van der Waals surface area (Å²) in [6, 6.07) is 0. The number of aromatic nitrogens is 1. The van der Waals surface area contributed by atoms with Crippen LogP contribution in [0.2, 0.25) is 0 Å². The topological polar surface area (TPSA) is 33.1 Å². The van der Waals surface area contributed by atoms with E-state index in [-0.39, 0.29) is 11.5 Å². The molecule has 1 aromatic rings. The third-order valence-corrected chi connectivity index (χ3v) is 5.38. The van der Waals surface area contributed by atoms with Crippen molar-refractivity contribution in [1.29, 1.82) is 0 Å². The summed E-state index contributed by atoms with van der Waals surface area (Å²) in [5, 5.41) is 13.7. The average molecular weight is 295 g/mol. The molecule has 3 atom stereocenters. The van der Waals surface area contributed by atoms with E-state index in [1.165, 1.54) is 36.4 Å². The number of thiazole rings is 1. The molecule has 0 bridgehead atoms. The Bertz CT molecular complexity index is 421. The van der Waals surface area contributed by atoms with Crippen molar-refractivity contribution in [1.82, 2.24) is 4.98 Å². The minimum Gasteiger partial charge on any atom is -0.393 e. The Kier molecular flexibility index (Phi) is 5.25. The third kappa shape index (κ3) is 4.05. The first-order valence-corrected chi connectivity index (χ1v) is 8.91. The molecule has 2 nitrogen and oxygen atoms in total. The fourth-order valence-electron chi connectivity index (χ4n) is 3.21. The van der Waals surface area contributed by atoms with Gasteiger partial charge in [0.1, 0.15) is 0 Å². The summed E-state index contributed by atoms with van der Waals surface area (Å²) in [7, 11) is 0. The van der Waals surface area contributed by atoms with Gasteiger partial charge in [0.05, 0.1) is 16.8 Å². The lowest BCUT2D eigenvalue weighted by Gasteiger charge is -2.33. The fraction of sp³-hybridized carbons (Fsp3) is 0.824. The van der Waals surface area contributed by atoms with Gasteiger partial charge in [-0.15, -0.1) is 11.3 Å². The van der Waals surface area contributed by atoms with Crippen molar-refractivity contribution in [2.75, 3.05) is 0 Å². The van der Waals surface area contributed by atoms with Gasteiger partial charge in [0.2, 0.25) is 0 Å². The van der Waals surface area contributed by atoms with E-state index in [4.69, 9.17) is 4.98 Å². The monoisotopic (exact) mass is 295 g/mol. The molecule has 0 spiro atoms. The molecule has 20 heavy (non-hydrogen) atoms. The molecule has 1 aliphatic rings. The first-order chi connectivity index (χ1) is 9.40. The second-order valence-corrected chi connectivity index (χ2v) is 8.32. The van der Waals surface area contributed by atoms with Crippen LogP contribution < -0.4 is 0 Å². The zero-order chi connectivity index (χ0) is 14.8. The van der Waals surface area contributed by atoms with Crippen molar-refractivity contribution >= 4 is 11.3 Å². The number of nitrogens with zero attached hydrogens (tertiary/aromatic N) is 1. The van der Waals surface area contributed by atoms with Gasteiger partial charge in [-0.05, 0) is 31.1 Å². The number of aliphatic hydroxyl groups is 1. The van der Waals surface area contributed by atoms with Crippen LogP contribution in [0.3, 0.4) is 0 Å². The molecule has 1 saturated carbocycles. The molecule has 0 aromatic carbocycles. The van der Waals surface area contributed by atoms with E-state index in [2.05, 4.69) is 33.1 Å². The predicted octanol–water partition coefficient (Wildman–Crippen LogP) is 4.56. The van der Waals surface area contributed by atoms with E-state index in [9.17, 15) is 5.11 Å². The van der Waals surface area contributed by atoms with E-state index >= 15 is 0 Å². The van der Waals surface area contributed by atoms with Crippen LogP contribution in [0.5, 0.6) is 0 Å². The molecule has 1 fully saturated rings. The van der Waals surface area contributed by atoms with Gasteiger partial charge in [-0.3, -0.25) is 0 Å². The fourth-order valence-corrected chi connectivity index (χ4v) is 4.32. The first kappa shape index (κ1) is 16.0. The normalized spacial score (nSPS) is 27.8. The summed E-state index contributed by atoms with van der Waals surface area (Å²) >= 11 is 1.76. The maximum Gasteiger partial charge on any atom is 0.0932 e. The zero-order valence-corrected chi connectivity index (χ0v) is 14.2. The molecule has 1 N–H and O–H groups in total. The van der Waals surface area contributed by atoms with Gasteiger partial charge >= 0.3 is 0 Å². The number of hydrogen-bond donors (Lipinski definition) is 1. The smallest absolute Gasteiger partial charge is 0.0932 e. The summed E-state index contributed by atoms with van der Waals surface area (Å²) in [5.74, 6) is 1.23. The summed E-state index contributed by atoms with van der Waals surface area (Å²) in [6.45, 7) is 8.88. The Morgan fingerprint density at radius 1 is 1.35 bits per heavy atom. The minimum atomic E-state index is -0.120. The summed E-state index contributed by atoms with van der Waals surface area (Å²) in [5.41, 5.74) is 1.32. The van der Waals surface area contributed by atoms with E-state index in [1.807, 2.05) is 0 Å². The van der Waals surface area contributed by atoms with Gasteiger partial charge in [0.15, 0.2) is 0 Å². The third-order valence-electron chi connectivity index (χ3n) is 4.50. The lowest BCUT2D eigenvalue weighted by atomic mass is 9.76. The standard InChI is InChI=1S/C17H29NOS/c1-5-6-12-7-8-14(19)13(9-12)10-16-18-15(11-20-16)17(2,3)4/h11-14,19H,5-10H2,1-4H3. The van der Waals surface area contributed by atoms with E-state index in [0.717, 1.165) is 18.8 Å². The van der Waals surface area contributed by atoms with E-state index in [0.29, 0.717) is 5.92 Å². The SMILES string of the molecule is CCCC1CCC(O)C(Cc2nc(C(C)(C)C)cs2)C1. The summed E-state index contributed by atoms with van der Waals surface area (Å²) in [4.78, 5) is 4.79. The lowest BCUT2D eigenvalue weighted by molar-refractivity contribution is 0.0462. The second kappa shape index (κ2) is 6.57. The minimum absolute atomic E-state index is 0.120. The van der Waals surface area contributed by atoms with Crippen LogP contribution in [0, 0.1) is 11.8 Å². The van der Waals surface area contributed by atoms with Crippen molar-refractivity contribution in [3.8, 4) is 0 Å². The van der Waals surface area contributed by atoms with Crippen molar-refractivity contribution in [3.63, 3.8) is 0 Å². The van der Waals surface area contributed by atoms with Crippen LogP contribution in [0.4, 0.5) is 0 Å². The second-order valence-electron chi connectivity index (χ2n) is 7.38. The molecule has 0 aliphatic heterocycles. The van der Waals surface area contributed by atoms with Crippen LogP contribution in [-0.2, 0) is 11.8 Å². The van der Waals surface area contributed by atoms with Gasteiger partial charge in [-0.1, -0.05) is 40.5 Å². The molecule has 1 aliphatic carbocycles. The van der Waals surface area contributed by atoms with Crippen LogP contribution in [0.25, 0.3) is 0 Å². The van der Waals surface area contributed by atoms with Crippen LogP contribution >= 0.6 is 11.3 Å². The number of aliphatic hydroxyl groups excluding tert-OH is 1. The Morgan fingerprint density at radius 3 is 2.70 bits per heavy atom. The van der Waals surface area contributed by atoms with Crippen LogP contribution in [0.1, 0.15) is 70.5 Å². The molecule has 1 aromatic heterocycles. The van der Waals surface area contributed by atoms with Crippen molar-refractivity contribution in [3.05, 3.63) is 16.1 Å². The van der Waals surface area contributed by atoms with Gasteiger partial charge < -0.3 is 5.11 Å². The van der Waals surface area contributed by atoms with E-state index < -0.39 is 0 Å². The maximum atomic E-state index is 10.3. The molecule has 0 saturated heterocycles. The van der Waals surface area contributed by atoms with Crippen molar-refractivity contribution in [2.24, 2.45) is 11.8 Å². The lowest BCUT2D eigenvalue weighted by Crippen LogP contribution is -2.30. The Balaban J connectivity index is 1.99. The molecular weight excluding hydrogens is 266 g/mol. The number of rotatable bonds is 4. The molecule has 114 valence electrons. The first-order valence-electron chi connectivity index (χ1n) is 8.03. The molecule has 0 radical (unpaired) electrons. The Hall–Kier alpha value is -0.410. The molecule has 1 heterocycles. The highest BCUT2D eigenvalue weighted by Gasteiger charge is 2.30. The zero-order valence-electron chi connectivity index (χ0n) is 13.4. The highest BCUT2D eigenvalue weighted by molar-refractivity contribution is 7.09. The Morgan fingerprint density at radius 2 is 2.10 bits per heavy atom.